The van der Waals surface area contributed by atoms with Gasteiger partial charge in [0.15, 0.2) is 0 Å². The summed E-state index contributed by atoms with van der Waals surface area (Å²) < 4.78 is 2.77. The normalized spacial score (nSPS) is 23.1. The van der Waals surface area contributed by atoms with Crippen LogP contribution in [0.3, 0.4) is 0 Å². The Labute approximate surface area is 191 Å². The van der Waals surface area contributed by atoms with Crippen molar-refractivity contribution in [2.75, 3.05) is 18.2 Å². The number of oxime groups is 1. The smallest absolute Gasteiger partial charge is 0.378 e. The van der Waals surface area contributed by atoms with Crippen molar-refractivity contribution in [1.29, 1.82) is 0 Å². The van der Waals surface area contributed by atoms with Crippen LogP contribution in [-0.2, 0) is 26.3 Å². The number of carbonyl (C=O) groups excluding carboxylic acids is 3. The first kappa shape index (κ1) is 23.3. The molecule has 2 aliphatic rings. The van der Waals surface area contributed by atoms with Crippen molar-refractivity contribution < 1.29 is 29.1 Å². The molecule has 0 bridgehead atoms. The highest BCUT2D eigenvalue weighted by Crippen LogP contribution is 2.42. The number of aryl methyl sites for hydroxylation is 1. The number of fused-ring (bicyclic) bond motifs is 1. The average molecular weight is 536 g/mol. The third kappa shape index (κ3) is 4.64. The molecule has 13 nitrogen and oxygen atoms in total. The van der Waals surface area contributed by atoms with Gasteiger partial charge in [0, 0.05) is 23.5 Å². The van der Waals surface area contributed by atoms with Gasteiger partial charge in [-0.25, -0.2) is 9.48 Å². The average Bonchev–Trinajstić information content (AvgIpc) is 3.17. The standard InChI is InChI=1S/C15H18BrN7O6S2/c1-22-14(18-20-21-22)30-6-7-3-4-8-10(13(26)23(8)31(7)15(27)28)17-12(25)11(19-29-2)9(24)5-16/h8,10H,3-6H2,1-2H3,(H,17,25)(H,27,28)/t8-,10-,31?/m1/s1. The van der Waals surface area contributed by atoms with Crippen molar-refractivity contribution in [2.24, 2.45) is 12.2 Å². The molecule has 3 heterocycles. The van der Waals surface area contributed by atoms with Crippen LogP contribution in [0, 0.1) is 0 Å². The summed E-state index contributed by atoms with van der Waals surface area (Å²) in [5.74, 6) is -1.63. The number of carbonyl (C=O) groups is 4. The van der Waals surface area contributed by atoms with Gasteiger partial charge in [-0.2, -0.15) is 0 Å². The molecule has 1 fully saturated rings. The van der Waals surface area contributed by atoms with Crippen LogP contribution in [-0.4, -0.2) is 93.4 Å². The molecule has 2 N–H and O–H groups in total. The zero-order valence-corrected chi connectivity index (χ0v) is 19.6. The summed E-state index contributed by atoms with van der Waals surface area (Å²) in [6.45, 7) is 0. The molecule has 1 saturated heterocycles. The molecule has 3 rings (SSSR count). The van der Waals surface area contributed by atoms with E-state index in [1.54, 1.807) is 7.05 Å². The van der Waals surface area contributed by atoms with E-state index in [9.17, 15) is 24.3 Å². The van der Waals surface area contributed by atoms with E-state index in [0.717, 1.165) is 0 Å². The van der Waals surface area contributed by atoms with Gasteiger partial charge in [-0.05, 0) is 28.1 Å². The number of carboxylic acid groups (broad SMARTS) is 1. The first-order chi connectivity index (χ1) is 14.8. The highest BCUT2D eigenvalue weighted by atomic mass is 79.9. The number of nitrogens with one attached hydrogen (secondary N) is 1. The Hall–Kier alpha value is -2.33. The predicted octanol–water partition coefficient (Wildman–Crippen LogP) is -0.208. The molecule has 31 heavy (non-hydrogen) atoms. The molecule has 16 heteroatoms. The molecule has 0 aliphatic carbocycles. The molecule has 0 aromatic carbocycles. The lowest BCUT2D eigenvalue weighted by Crippen LogP contribution is -2.71. The van der Waals surface area contributed by atoms with E-state index in [2.05, 4.69) is 46.8 Å². The maximum atomic E-state index is 12.7. The highest BCUT2D eigenvalue weighted by molar-refractivity contribution is 9.09. The van der Waals surface area contributed by atoms with E-state index in [0.29, 0.717) is 28.6 Å². The number of thioether (sulfide) groups is 1. The van der Waals surface area contributed by atoms with Gasteiger partial charge >= 0.3 is 5.30 Å². The van der Waals surface area contributed by atoms with Crippen LogP contribution in [0.2, 0.25) is 0 Å². The van der Waals surface area contributed by atoms with Gasteiger partial charge in [0.1, 0.15) is 13.2 Å². The van der Waals surface area contributed by atoms with E-state index in [1.807, 2.05) is 0 Å². The minimum atomic E-state index is -1.44. The van der Waals surface area contributed by atoms with Crippen molar-refractivity contribution in [3.63, 3.8) is 0 Å². The number of tetrazole rings is 1. The fraction of sp³-hybridized carbons (Fsp3) is 0.533. The molecule has 1 unspecified atom stereocenters. The number of hydrogen-bond acceptors (Lipinski definition) is 10. The fourth-order valence-corrected chi connectivity index (χ4v) is 6.57. The second kappa shape index (κ2) is 9.86. The Bertz CT molecular complexity index is 996. The number of β-lactam (4-membered cyclic amide) rings is 1. The van der Waals surface area contributed by atoms with E-state index in [4.69, 9.17) is 0 Å². The second-order valence-electron chi connectivity index (χ2n) is 6.36. The van der Waals surface area contributed by atoms with Gasteiger partial charge in [-0.15, -0.1) is 5.10 Å². The summed E-state index contributed by atoms with van der Waals surface area (Å²) >= 11 is 4.25. The molecule has 2 amide bonds. The first-order valence-electron chi connectivity index (χ1n) is 8.81. The SMILES string of the molecule is CON=C(C(=O)CBr)C(=O)N[C@H]1C(=O)N2[C@@H]1CCC(CSc1nnnn1C)=S2C(=O)O. The molecule has 0 spiro atoms. The molecule has 2 aliphatic heterocycles. The lowest BCUT2D eigenvalue weighted by atomic mass is 9.93. The van der Waals surface area contributed by atoms with Gasteiger partial charge < -0.3 is 15.3 Å². The van der Waals surface area contributed by atoms with Crippen LogP contribution in [0.15, 0.2) is 10.3 Å². The first-order valence-corrected chi connectivity index (χ1v) is 12.1. The number of halogens is 1. The monoisotopic (exact) mass is 535 g/mol. The summed E-state index contributed by atoms with van der Waals surface area (Å²) in [7, 11) is 1.42. The number of nitrogens with zero attached hydrogens (tertiary/aromatic N) is 6. The predicted molar refractivity (Wildman–Crippen MR) is 115 cm³/mol. The van der Waals surface area contributed by atoms with Crippen LogP contribution >= 0.6 is 38.4 Å². The summed E-state index contributed by atoms with van der Waals surface area (Å²) in [5, 5.41) is 26.1. The van der Waals surface area contributed by atoms with Crippen LogP contribution in [0.4, 0.5) is 4.79 Å². The molecule has 1 aromatic rings. The maximum absolute atomic E-state index is 12.7. The van der Waals surface area contributed by atoms with E-state index in [1.165, 1.54) is 27.9 Å². The van der Waals surface area contributed by atoms with Gasteiger partial charge in [-0.3, -0.25) is 18.7 Å². The molecule has 3 atom stereocenters. The number of hydrogen-bond donors (Lipinski definition) is 2. The zero-order chi connectivity index (χ0) is 22.7. The topological polar surface area (TPSA) is 169 Å². The minimum Gasteiger partial charge on any atom is -0.472 e. The summed E-state index contributed by atoms with van der Waals surface area (Å²) in [4.78, 5) is 54.2. The Morgan fingerprint density at radius 2 is 2.19 bits per heavy atom. The van der Waals surface area contributed by atoms with Gasteiger partial charge in [0.05, 0.1) is 11.4 Å². The van der Waals surface area contributed by atoms with Gasteiger partial charge in [0.2, 0.25) is 16.7 Å². The van der Waals surface area contributed by atoms with Crippen LogP contribution in [0.1, 0.15) is 12.8 Å². The van der Waals surface area contributed by atoms with Crippen molar-refractivity contribution in [1.82, 2.24) is 29.8 Å². The highest BCUT2D eigenvalue weighted by Gasteiger charge is 2.53. The zero-order valence-electron chi connectivity index (χ0n) is 16.3. The van der Waals surface area contributed by atoms with Crippen molar-refractivity contribution >= 4 is 71.8 Å². The molecule has 0 radical (unpaired) electrons. The number of alkyl halides is 1. The van der Waals surface area contributed by atoms with Crippen LogP contribution in [0.5, 0.6) is 0 Å². The fourth-order valence-electron chi connectivity index (χ4n) is 3.14. The van der Waals surface area contributed by atoms with Crippen LogP contribution < -0.4 is 5.32 Å². The summed E-state index contributed by atoms with van der Waals surface area (Å²) in [6, 6.07) is -1.41. The quantitative estimate of drug-likeness (QED) is 0.0863. The largest absolute Gasteiger partial charge is 0.472 e. The van der Waals surface area contributed by atoms with Crippen molar-refractivity contribution in [2.45, 2.75) is 30.1 Å². The Morgan fingerprint density at radius 1 is 1.45 bits per heavy atom. The van der Waals surface area contributed by atoms with Crippen LogP contribution in [0.25, 0.3) is 0 Å². The minimum absolute atomic E-state index is 0.143. The number of ketones is 1. The van der Waals surface area contributed by atoms with E-state index < -0.39 is 51.4 Å². The van der Waals surface area contributed by atoms with Gasteiger partial charge in [0.25, 0.3) is 11.8 Å². The number of aromatic nitrogens is 4. The molecular formula is C15H18BrN7O6S2. The Kier molecular flexibility index (Phi) is 7.42. The lowest BCUT2D eigenvalue weighted by molar-refractivity contribution is -0.144. The van der Waals surface area contributed by atoms with Crippen molar-refractivity contribution in [3.05, 3.63) is 0 Å². The van der Waals surface area contributed by atoms with E-state index in [-0.39, 0.29) is 5.33 Å². The Balaban J connectivity index is 1.75. The third-order valence-electron chi connectivity index (χ3n) is 4.54. The number of rotatable bonds is 8. The molecule has 0 saturated carbocycles. The maximum Gasteiger partial charge on any atom is 0.378 e. The second-order valence-corrected chi connectivity index (χ2v) is 9.76. The number of amides is 2. The molecule has 168 valence electrons. The van der Waals surface area contributed by atoms with Crippen molar-refractivity contribution in [3.8, 4) is 0 Å². The summed E-state index contributed by atoms with van der Waals surface area (Å²) in [5.41, 5.74) is -0.473. The lowest BCUT2D eigenvalue weighted by Gasteiger charge is -2.50. The third-order valence-corrected chi connectivity index (χ3v) is 8.40. The Morgan fingerprint density at radius 3 is 2.77 bits per heavy atom. The van der Waals surface area contributed by atoms with E-state index >= 15 is 0 Å². The molecular weight excluding hydrogens is 518 g/mol. The van der Waals surface area contributed by atoms with Gasteiger partial charge in [-0.1, -0.05) is 32.8 Å². The number of Topliss-reactive ketones (excluding diaryl/α,β-unsaturated/α-hetero) is 1. The summed E-state index contributed by atoms with van der Waals surface area (Å²) in [6.07, 6.45) is 0.942. The molecule has 1 aromatic heterocycles.